The molecule has 162 valence electrons. The van der Waals surface area contributed by atoms with E-state index in [0.717, 1.165) is 27.7 Å². The number of nitrogens with zero attached hydrogens (tertiary/aromatic N) is 3. The fourth-order valence-corrected chi connectivity index (χ4v) is 3.93. The van der Waals surface area contributed by atoms with Crippen LogP contribution in [0, 0.1) is 6.92 Å². The first-order chi connectivity index (χ1) is 15.6. The Balaban J connectivity index is 1.48. The van der Waals surface area contributed by atoms with Gasteiger partial charge in [-0.1, -0.05) is 48.5 Å². The van der Waals surface area contributed by atoms with Crippen molar-refractivity contribution in [1.82, 2.24) is 19.9 Å². The van der Waals surface area contributed by atoms with Crippen molar-refractivity contribution in [1.29, 1.82) is 0 Å². The summed E-state index contributed by atoms with van der Waals surface area (Å²) in [6.45, 7) is 2.35. The van der Waals surface area contributed by atoms with Gasteiger partial charge in [0, 0.05) is 36.5 Å². The van der Waals surface area contributed by atoms with Crippen molar-refractivity contribution in [2.75, 3.05) is 0 Å². The highest BCUT2D eigenvalue weighted by Crippen LogP contribution is 2.22. The van der Waals surface area contributed by atoms with Gasteiger partial charge in [0.05, 0.1) is 10.7 Å². The molecule has 32 heavy (non-hydrogen) atoms. The van der Waals surface area contributed by atoms with E-state index in [1.807, 2.05) is 84.7 Å². The second-order valence-corrected chi connectivity index (χ2v) is 8.33. The summed E-state index contributed by atoms with van der Waals surface area (Å²) in [5.41, 5.74) is 2.68. The zero-order valence-corrected chi connectivity index (χ0v) is 18.8. The van der Waals surface area contributed by atoms with Gasteiger partial charge in [-0.15, -0.1) is 11.3 Å². The number of aryl methyl sites for hydroxylation is 2. The van der Waals surface area contributed by atoms with Gasteiger partial charge in [-0.3, -0.25) is 4.79 Å². The number of amides is 1. The van der Waals surface area contributed by atoms with Gasteiger partial charge in [0.15, 0.2) is 0 Å². The number of nitrogens with one attached hydrogen (secondary N) is 1. The summed E-state index contributed by atoms with van der Waals surface area (Å²) < 4.78 is 7.85. The fraction of sp³-hybridized carbons (Fsp3) is 0.160. The molecular formula is C25H24N4O2S. The molecule has 4 rings (SSSR count). The number of carbonyl (C=O) groups excluding carboxylic acids is 1. The van der Waals surface area contributed by atoms with E-state index in [2.05, 4.69) is 15.3 Å². The van der Waals surface area contributed by atoms with E-state index < -0.39 is 0 Å². The molecular weight excluding hydrogens is 420 g/mol. The lowest BCUT2D eigenvalue weighted by atomic mass is 10.1. The lowest BCUT2D eigenvalue weighted by Crippen LogP contribution is -2.29. The zero-order valence-electron chi connectivity index (χ0n) is 17.9. The van der Waals surface area contributed by atoms with E-state index in [1.165, 1.54) is 6.08 Å². The van der Waals surface area contributed by atoms with Crippen LogP contribution < -0.4 is 10.1 Å². The predicted octanol–water partition coefficient (Wildman–Crippen LogP) is 4.68. The third kappa shape index (κ3) is 5.31. The largest absolute Gasteiger partial charge is 0.487 e. The first-order valence-electron chi connectivity index (χ1n) is 10.2. The monoisotopic (exact) mass is 444 g/mol. The summed E-state index contributed by atoms with van der Waals surface area (Å²) in [5, 5.41) is 6.07. The molecule has 0 aliphatic heterocycles. The molecule has 0 spiro atoms. The highest BCUT2D eigenvalue weighted by atomic mass is 32.1. The first-order valence-corrected chi connectivity index (χ1v) is 11.1. The molecule has 0 radical (unpaired) electrons. The number of thiazole rings is 1. The zero-order chi connectivity index (χ0) is 22.3. The number of rotatable bonds is 8. The molecule has 4 aromatic rings. The van der Waals surface area contributed by atoms with Crippen molar-refractivity contribution < 1.29 is 9.53 Å². The van der Waals surface area contributed by atoms with Crippen LogP contribution in [-0.4, -0.2) is 20.4 Å². The quantitative estimate of drug-likeness (QED) is 0.401. The first kappa shape index (κ1) is 21.5. The highest BCUT2D eigenvalue weighted by Gasteiger charge is 2.19. The second-order valence-electron chi connectivity index (χ2n) is 7.27. The van der Waals surface area contributed by atoms with E-state index in [-0.39, 0.29) is 11.9 Å². The molecule has 6 nitrogen and oxygen atoms in total. The Bertz CT molecular complexity index is 1210. The smallest absolute Gasteiger partial charge is 0.244 e. The summed E-state index contributed by atoms with van der Waals surface area (Å²) in [6, 6.07) is 17.1. The molecule has 1 N–H and O–H groups in total. The Hall–Kier alpha value is -3.71. The van der Waals surface area contributed by atoms with E-state index in [9.17, 15) is 4.79 Å². The molecule has 1 unspecified atom stereocenters. The van der Waals surface area contributed by atoms with Gasteiger partial charge in [-0.2, -0.15) is 0 Å². The normalized spacial score (nSPS) is 12.1. The Morgan fingerprint density at radius 3 is 2.69 bits per heavy atom. The second kappa shape index (κ2) is 10.1. The minimum absolute atomic E-state index is 0.216. The summed E-state index contributed by atoms with van der Waals surface area (Å²) in [4.78, 5) is 21.7. The van der Waals surface area contributed by atoms with E-state index >= 15 is 0 Å². The molecule has 0 fully saturated rings. The SMILES string of the molecule is Cc1nc(COc2ccccc2/C=C/C(=O)NC(c2ccccc2)c2nccn2C)cs1. The van der Waals surface area contributed by atoms with Crippen LogP contribution in [0.5, 0.6) is 5.75 Å². The minimum atomic E-state index is -0.354. The van der Waals surface area contributed by atoms with Crippen molar-refractivity contribution in [3.05, 3.63) is 106 Å². The fourth-order valence-electron chi connectivity index (χ4n) is 3.33. The molecule has 1 atom stereocenters. The van der Waals surface area contributed by atoms with E-state index in [4.69, 9.17) is 4.74 Å². The maximum absolute atomic E-state index is 12.8. The average molecular weight is 445 g/mol. The maximum Gasteiger partial charge on any atom is 0.244 e. The molecule has 1 amide bonds. The maximum atomic E-state index is 12.8. The Kier molecular flexibility index (Phi) is 6.77. The van der Waals surface area contributed by atoms with Gasteiger partial charge < -0.3 is 14.6 Å². The lowest BCUT2D eigenvalue weighted by molar-refractivity contribution is -0.117. The topological polar surface area (TPSA) is 69.0 Å². The third-order valence-electron chi connectivity index (χ3n) is 4.91. The van der Waals surface area contributed by atoms with Gasteiger partial charge in [-0.25, -0.2) is 9.97 Å². The van der Waals surface area contributed by atoms with Gasteiger partial charge in [0.1, 0.15) is 24.2 Å². The number of aromatic nitrogens is 3. The molecule has 0 saturated heterocycles. The summed E-state index contributed by atoms with van der Waals surface area (Å²) in [6.07, 6.45) is 6.88. The molecule has 0 aliphatic rings. The molecule has 0 saturated carbocycles. The standard InChI is InChI=1S/C25H24N4O2S/c1-18-27-21(17-32-18)16-31-22-11-7-6-8-19(22)12-13-23(30)28-24(20-9-4-3-5-10-20)25-26-14-15-29(25)2/h3-15,17,24H,16H2,1-2H3,(H,28,30)/b13-12+. The van der Waals surface area contributed by atoms with Crippen LogP contribution >= 0.6 is 11.3 Å². The molecule has 0 aliphatic carbocycles. The van der Waals surface area contributed by atoms with Crippen LogP contribution in [0.1, 0.15) is 33.7 Å². The average Bonchev–Trinajstić information content (AvgIpc) is 3.43. The number of imidazole rings is 1. The van der Waals surface area contributed by atoms with Crippen molar-refractivity contribution in [3.63, 3.8) is 0 Å². The summed E-state index contributed by atoms with van der Waals surface area (Å²) in [5.74, 6) is 1.25. The molecule has 2 heterocycles. The van der Waals surface area contributed by atoms with Crippen LogP contribution in [0.25, 0.3) is 6.08 Å². The van der Waals surface area contributed by atoms with E-state index in [1.54, 1.807) is 23.6 Å². The minimum Gasteiger partial charge on any atom is -0.487 e. The van der Waals surface area contributed by atoms with Crippen molar-refractivity contribution in [2.24, 2.45) is 7.05 Å². The van der Waals surface area contributed by atoms with Crippen molar-refractivity contribution in [2.45, 2.75) is 19.6 Å². The Labute approximate surface area is 191 Å². The highest BCUT2D eigenvalue weighted by molar-refractivity contribution is 7.09. The van der Waals surface area contributed by atoms with Gasteiger partial charge >= 0.3 is 0 Å². The van der Waals surface area contributed by atoms with Gasteiger partial charge in [0.2, 0.25) is 5.91 Å². The molecule has 7 heteroatoms. The van der Waals surface area contributed by atoms with Crippen molar-refractivity contribution in [3.8, 4) is 5.75 Å². The number of ether oxygens (including phenoxy) is 1. The molecule has 2 aromatic carbocycles. The van der Waals surface area contributed by atoms with Crippen molar-refractivity contribution >= 4 is 23.3 Å². The lowest BCUT2D eigenvalue weighted by Gasteiger charge is -2.18. The van der Waals surface area contributed by atoms with Crippen LogP contribution in [0.15, 0.2) is 78.4 Å². The molecule has 2 aromatic heterocycles. The molecule has 0 bridgehead atoms. The van der Waals surface area contributed by atoms with Crippen LogP contribution in [-0.2, 0) is 18.4 Å². The number of benzene rings is 2. The number of para-hydroxylation sites is 1. The summed E-state index contributed by atoms with van der Waals surface area (Å²) >= 11 is 1.60. The van der Waals surface area contributed by atoms with Gasteiger partial charge in [0.25, 0.3) is 0 Å². The van der Waals surface area contributed by atoms with Gasteiger partial charge in [-0.05, 0) is 24.6 Å². The van der Waals surface area contributed by atoms with Crippen LogP contribution in [0.3, 0.4) is 0 Å². The van der Waals surface area contributed by atoms with E-state index in [0.29, 0.717) is 12.4 Å². The predicted molar refractivity (Wildman–Crippen MR) is 126 cm³/mol. The number of hydrogen-bond donors (Lipinski definition) is 1. The third-order valence-corrected chi connectivity index (χ3v) is 5.73. The number of carbonyl (C=O) groups is 1. The Morgan fingerprint density at radius 1 is 1.19 bits per heavy atom. The Morgan fingerprint density at radius 2 is 1.97 bits per heavy atom. The van der Waals surface area contributed by atoms with Crippen LogP contribution in [0.2, 0.25) is 0 Å². The summed E-state index contributed by atoms with van der Waals surface area (Å²) in [7, 11) is 1.91. The number of hydrogen-bond acceptors (Lipinski definition) is 5. The van der Waals surface area contributed by atoms with Crippen LogP contribution in [0.4, 0.5) is 0 Å².